The highest BCUT2D eigenvalue weighted by Crippen LogP contribution is 2.31. The van der Waals surface area contributed by atoms with Gasteiger partial charge in [-0.25, -0.2) is 4.98 Å². The van der Waals surface area contributed by atoms with Gasteiger partial charge >= 0.3 is 0 Å². The molecule has 1 aliphatic heterocycles. The number of ether oxygens (including phenoxy) is 1. The summed E-state index contributed by atoms with van der Waals surface area (Å²) in [7, 11) is 0. The van der Waals surface area contributed by atoms with Crippen LogP contribution in [-0.4, -0.2) is 29.2 Å². The Morgan fingerprint density at radius 3 is 2.61 bits per heavy atom. The number of hydrogen-bond acceptors (Lipinski definition) is 5. The van der Waals surface area contributed by atoms with Gasteiger partial charge in [-0.3, -0.25) is 0 Å². The van der Waals surface area contributed by atoms with Crippen molar-refractivity contribution in [1.29, 1.82) is 0 Å². The summed E-state index contributed by atoms with van der Waals surface area (Å²) in [4.78, 5) is 10.6. The molecule has 0 atom stereocenters. The molecule has 0 spiro atoms. The molecule has 1 aliphatic rings. The second-order valence-electron chi connectivity index (χ2n) is 5.25. The van der Waals surface area contributed by atoms with Crippen LogP contribution in [0.2, 0.25) is 0 Å². The summed E-state index contributed by atoms with van der Waals surface area (Å²) in [6, 6.07) is 0. The van der Waals surface area contributed by atoms with Gasteiger partial charge in [-0.1, -0.05) is 6.92 Å². The maximum absolute atomic E-state index is 6.11. The van der Waals surface area contributed by atoms with Gasteiger partial charge < -0.3 is 15.4 Å². The first kappa shape index (κ1) is 12.9. The Hall–Kier alpha value is -1.52. The molecule has 0 aliphatic carbocycles. The van der Waals surface area contributed by atoms with Crippen molar-refractivity contribution in [2.45, 2.75) is 39.7 Å². The fourth-order valence-corrected chi connectivity index (χ4v) is 2.16. The van der Waals surface area contributed by atoms with Gasteiger partial charge in [0.2, 0.25) is 5.88 Å². The van der Waals surface area contributed by atoms with Gasteiger partial charge in [-0.15, -0.1) is 0 Å². The van der Waals surface area contributed by atoms with Crippen LogP contribution in [0.15, 0.2) is 6.33 Å². The van der Waals surface area contributed by atoms with Crippen molar-refractivity contribution in [2.24, 2.45) is 5.92 Å². The maximum Gasteiger partial charge on any atom is 0.242 e. The van der Waals surface area contributed by atoms with Gasteiger partial charge in [0.25, 0.3) is 0 Å². The van der Waals surface area contributed by atoms with Gasteiger partial charge in [-0.2, -0.15) is 4.98 Å². The summed E-state index contributed by atoms with van der Waals surface area (Å²) in [5.41, 5.74) is 6.66. The number of nitrogen functional groups attached to an aromatic ring is 1. The molecule has 0 unspecified atom stereocenters. The first-order chi connectivity index (χ1) is 8.58. The van der Waals surface area contributed by atoms with E-state index in [1.807, 2.05) is 13.8 Å². The van der Waals surface area contributed by atoms with Crippen molar-refractivity contribution < 1.29 is 4.74 Å². The average Bonchev–Trinajstić information content (AvgIpc) is 2.33. The first-order valence-electron chi connectivity index (χ1n) is 6.60. The van der Waals surface area contributed by atoms with Crippen LogP contribution >= 0.6 is 0 Å². The van der Waals surface area contributed by atoms with Crippen LogP contribution in [0.3, 0.4) is 0 Å². The molecular weight excluding hydrogens is 228 g/mol. The van der Waals surface area contributed by atoms with E-state index in [1.165, 1.54) is 19.2 Å². The van der Waals surface area contributed by atoms with Gasteiger partial charge in [-0.05, 0) is 32.6 Å². The Kier molecular flexibility index (Phi) is 3.89. The molecule has 0 amide bonds. The Morgan fingerprint density at radius 1 is 1.33 bits per heavy atom. The predicted octanol–water partition coefficient (Wildman–Crippen LogP) is 2.08. The molecule has 0 saturated carbocycles. The number of hydrogen-bond donors (Lipinski definition) is 1. The Bertz CT molecular complexity index is 400. The van der Waals surface area contributed by atoms with Crippen molar-refractivity contribution in [3.05, 3.63) is 6.33 Å². The molecule has 2 N–H and O–H groups in total. The molecule has 5 nitrogen and oxygen atoms in total. The van der Waals surface area contributed by atoms with E-state index in [0.717, 1.165) is 24.8 Å². The number of rotatable bonds is 3. The summed E-state index contributed by atoms with van der Waals surface area (Å²) < 4.78 is 5.59. The summed E-state index contributed by atoms with van der Waals surface area (Å²) >= 11 is 0. The van der Waals surface area contributed by atoms with Crippen molar-refractivity contribution in [2.75, 3.05) is 23.7 Å². The minimum absolute atomic E-state index is 0.0661. The largest absolute Gasteiger partial charge is 0.473 e. The molecule has 2 rings (SSSR count). The first-order valence-corrected chi connectivity index (χ1v) is 6.60. The van der Waals surface area contributed by atoms with Crippen molar-refractivity contribution >= 4 is 11.5 Å². The lowest BCUT2D eigenvalue weighted by molar-refractivity contribution is 0.234. The van der Waals surface area contributed by atoms with E-state index in [1.54, 1.807) is 0 Å². The summed E-state index contributed by atoms with van der Waals surface area (Å²) in [6.07, 6.45) is 3.96. The van der Waals surface area contributed by atoms with E-state index >= 15 is 0 Å². The molecule has 0 aromatic carbocycles. The highest BCUT2D eigenvalue weighted by Gasteiger charge is 2.21. The van der Waals surface area contributed by atoms with Crippen LogP contribution in [0.4, 0.5) is 11.5 Å². The van der Waals surface area contributed by atoms with E-state index in [-0.39, 0.29) is 6.10 Å². The number of nitrogens with two attached hydrogens (primary N) is 1. The van der Waals surface area contributed by atoms with Gasteiger partial charge in [0, 0.05) is 13.1 Å². The number of piperidine rings is 1. The average molecular weight is 250 g/mol. The van der Waals surface area contributed by atoms with Crippen LogP contribution in [0.1, 0.15) is 33.6 Å². The molecule has 18 heavy (non-hydrogen) atoms. The molecule has 2 heterocycles. The zero-order valence-electron chi connectivity index (χ0n) is 11.4. The highest BCUT2D eigenvalue weighted by molar-refractivity contribution is 5.67. The predicted molar refractivity (Wildman–Crippen MR) is 72.8 cm³/mol. The number of nitrogens with zero attached hydrogens (tertiary/aromatic N) is 3. The molecule has 100 valence electrons. The second-order valence-corrected chi connectivity index (χ2v) is 5.25. The number of aromatic nitrogens is 2. The molecule has 1 aromatic rings. The maximum atomic E-state index is 6.11. The quantitative estimate of drug-likeness (QED) is 0.889. The third-order valence-corrected chi connectivity index (χ3v) is 3.26. The van der Waals surface area contributed by atoms with Gasteiger partial charge in [0.05, 0.1) is 6.10 Å². The SMILES string of the molecule is CC1CCN(c2ncnc(OC(C)C)c2N)CC1. The zero-order valence-corrected chi connectivity index (χ0v) is 11.4. The third kappa shape index (κ3) is 2.83. The minimum atomic E-state index is 0.0661. The molecule has 0 radical (unpaired) electrons. The second kappa shape index (κ2) is 5.42. The van der Waals surface area contributed by atoms with E-state index in [0.29, 0.717) is 11.6 Å². The smallest absolute Gasteiger partial charge is 0.242 e. The van der Waals surface area contributed by atoms with E-state index < -0.39 is 0 Å². The normalized spacial score (nSPS) is 17.2. The van der Waals surface area contributed by atoms with Crippen LogP contribution in [0.25, 0.3) is 0 Å². The zero-order chi connectivity index (χ0) is 13.1. The summed E-state index contributed by atoms with van der Waals surface area (Å²) in [5, 5.41) is 0. The van der Waals surface area contributed by atoms with Crippen LogP contribution < -0.4 is 15.4 Å². The van der Waals surface area contributed by atoms with Crippen LogP contribution in [-0.2, 0) is 0 Å². The molecule has 0 bridgehead atoms. The highest BCUT2D eigenvalue weighted by atomic mass is 16.5. The molecule has 1 aromatic heterocycles. The minimum Gasteiger partial charge on any atom is -0.473 e. The monoisotopic (exact) mass is 250 g/mol. The molecule has 1 saturated heterocycles. The van der Waals surface area contributed by atoms with Crippen molar-refractivity contribution in [3.8, 4) is 5.88 Å². The van der Waals surface area contributed by atoms with Crippen LogP contribution in [0.5, 0.6) is 5.88 Å². The Labute approximate surface area is 108 Å². The van der Waals surface area contributed by atoms with E-state index in [9.17, 15) is 0 Å². The van der Waals surface area contributed by atoms with E-state index in [2.05, 4.69) is 21.8 Å². The lowest BCUT2D eigenvalue weighted by Gasteiger charge is -2.32. The van der Waals surface area contributed by atoms with Crippen LogP contribution in [0, 0.1) is 5.92 Å². The fraction of sp³-hybridized carbons (Fsp3) is 0.692. The van der Waals surface area contributed by atoms with Crippen molar-refractivity contribution in [1.82, 2.24) is 9.97 Å². The Morgan fingerprint density at radius 2 is 2.00 bits per heavy atom. The van der Waals surface area contributed by atoms with Gasteiger partial charge in [0.15, 0.2) is 5.82 Å². The lowest BCUT2D eigenvalue weighted by atomic mass is 9.99. The Balaban J connectivity index is 2.17. The topological polar surface area (TPSA) is 64.3 Å². The summed E-state index contributed by atoms with van der Waals surface area (Å²) in [5.74, 6) is 2.09. The third-order valence-electron chi connectivity index (χ3n) is 3.26. The number of anilines is 2. The van der Waals surface area contributed by atoms with E-state index in [4.69, 9.17) is 10.5 Å². The lowest BCUT2D eigenvalue weighted by Crippen LogP contribution is -2.34. The summed E-state index contributed by atoms with van der Waals surface area (Å²) in [6.45, 7) is 8.22. The standard InChI is InChI=1S/C13H22N4O/c1-9(2)18-13-11(14)12(15-8-16-13)17-6-4-10(3)5-7-17/h8-10H,4-7,14H2,1-3H3. The fourth-order valence-electron chi connectivity index (χ4n) is 2.16. The molecule has 5 heteroatoms. The van der Waals surface area contributed by atoms with Gasteiger partial charge in [0.1, 0.15) is 12.0 Å². The molecular formula is C13H22N4O. The molecule has 1 fully saturated rings. The van der Waals surface area contributed by atoms with Crippen molar-refractivity contribution in [3.63, 3.8) is 0 Å².